The van der Waals surface area contributed by atoms with Gasteiger partial charge in [-0.25, -0.2) is 4.79 Å². The summed E-state index contributed by atoms with van der Waals surface area (Å²) in [6.45, 7) is 11.3. The van der Waals surface area contributed by atoms with E-state index in [1.807, 2.05) is 20.8 Å². The fourth-order valence-electron chi connectivity index (χ4n) is 3.56. The number of rotatable bonds is 6. The SMILES string of the molecule is CC(C)(C)OC(=O)NC1CCC(OCCNC2CC(O)C2(C)C)CC1. The molecule has 0 aliphatic heterocycles. The lowest BCUT2D eigenvalue weighted by molar-refractivity contribution is -0.0752. The summed E-state index contributed by atoms with van der Waals surface area (Å²) in [7, 11) is 0. The Hall–Kier alpha value is -0.850. The van der Waals surface area contributed by atoms with E-state index >= 15 is 0 Å². The molecular formula is C19H36N2O4. The molecular weight excluding hydrogens is 320 g/mol. The molecule has 0 bridgehead atoms. The lowest BCUT2D eigenvalue weighted by Gasteiger charge is -2.49. The Morgan fingerprint density at radius 2 is 1.84 bits per heavy atom. The van der Waals surface area contributed by atoms with Crippen molar-refractivity contribution < 1.29 is 19.4 Å². The average molecular weight is 357 g/mol. The van der Waals surface area contributed by atoms with Gasteiger partial charge in [0.25, 0.3) is 0 Å². The van der Waals surface area contributed by atoms with Crippen LogP contribution in [-0.4, -0.2) is 54.2 Å². The molecule has 2 saturated carbocycles. The standard InChI is InChI=1S/C19H36N2O4/c1-18(2,3)25-17(23)21-13-6-8-14(9-7-13)24-11-10-20-15-12-16(22)19(15,4)5/h13-16,20,22H,6-12H2,1-5H3,(H,21,23). The third-order valence-electron chi connectivity index (χ3n) is 5.46. The first kappa shape index (κ1) is 20.5. The number of ether oxygens (including phenoxy) is 2. The Kier molecular flexibility index (Phi) is 6.74. The van der Waals surface area contributed by atoms with Crippen LogP contribution in [0.15, 0.2) is 0 Å². The van der Waals surface area contributed by atoms with E-state index in [1.54, 1.807) is 0 Å². The Morgan fingerprint density at radius 1 is 1.20 bits per heavy atom. The van der Waals surface area contributed by atoms with Crippen molar-refractivity contribution in [1.29, 1.82) is 0 Å². The van der Waals surface area contributed by atoms with E-state index in [2.05, 4.69) is 24.5 Å². The summed E-state index contributed by atoms with van der Waals surface area (Å²) < 4.78 is 11.3. The van der Waals surface area contributed by atoms with E-state index in [9.17, 15) is 9.90 Å². The second kappa shape index (κ2) is 8.23. The van der Waals surface area contributed by atoms with Gasteiger partial charge in [-0.15, -0.1) is 0 Å². The van der Waals surface area contributed by atoms with E-state index in [4.69, 9.17) is 9.47 Å². The molecule has 6 heteroatoms. The summed E-state index contributed by atoms with van der Waals surface area (Å²) in [6.07, 6.45) is 4.37. The second-order valence-electron chi connectivity index (χ2n) is 9.07. The first-order valence-electron chi connectivity index (χ1n) is 9.60. The zero-order valence-corrected chi connectivity index (χ0v) is 16.4. The Balaban J connectivity index is 1.55. The highest BCUT2D eigenvalue weighted by molar-refractivity contribution is 5.68. The number of hydrogen-bond acceptors (Lipinski definition) is 5. The monoisotopic (exact) mass is 356 g/mol. The molecule has 2 unspecified atom stereocenters. The lowest BCUT2D eigenvalue weighted by Crippen LogP contribution is -2.60. The summed E-state index contributed by atoms with van der Waals surface area (Å²) >= 11 is 0. The molecule has 0 aromatic carbocycles. The smallest absolute Gasteiger partial charge is 0.407 e. The van der Waals surface area contributed by atoms with Gasteiger partial charge in [0.1, 0.15) is 5.60 Å². The van der Waals surface area contributed by atoms with Gasteiger partial charge in [-0.2, -0.15) is 0 Å². The minimum absolute atomic E-state index is 0.0363. The van der Waals surface area contributed by atoms with Crippen molar-refractivity contribution in [3.05, 3.63) is 0 Å². The minimum atomic E-state index is -0.456. The zero-order valence-electron chi connectivity index (χ0n) is 16.4. The van der Waals surface area contributed by atoms with Crippen molar-refractivity contribution in [2.45, 2.75) is 96.6 Å². The quantitative estimate of drug-likeness (QED) is 0.638. The Labute approximate surface area is 152 Å². The molecule has 2 atom stereocenters. The maximum absolute atomic E-state index is 11.8. The molecule has 0 aromatic heterocycles. The van der Waals surface area contributed by atoms with Gasteiger partial charge in [0.15, 0.2) is 0 Å². The van der Waals surface area contributed by atoms with Gasteiger partial charge in [0.2, 0.25) is 0 Å². The number of aliphatic hydroxyl groups is 1. The van der Waals surface area contributed by atoms with Gasteiger partial charge < -0.3 is 25.2 Å². The molecule has 0 spiro atoms. The zero-order chi connectivity index (χ0) is 18.7. The Bertz CT molecular complexity index is 439. The van der Waals surface area contributed by atoms with Gasteiger partial charge in [0, 0.05) is 24.0 Å². The van der Waals surface area contributed by atoms with E-state index in [1.165, 1.54) is 0 Å². The molecule has 0 aromatic rings. The maximum Gasteiger partial charge on any atom is 0.407 e. The predicted molar refractivity (Wildman–Crippen MR) is 97.6 cm³/mol. The first-order chi connectivity index (χ1) is 11.6. The Morgan fingerprint density at radius 3 is 2.36 bits per heavy atom. The topological polar surface area (TPSA) is 79.8 Å². The molecule has 0 radical (unpaired) electrons. The number of aliphatic hydroxyl groups excluding tert-OH is 1. The predicted octanol–water partition coefficient (Wildman–Crippen LogP) is 2.59. The van der Waals surface area contributed by atoms with Crippen molar-refractivity contribution in [2.75, 3.05) is 13.2 Å². The van der Waals surface area contributed by atoms with Gasteiger partial charge >= 0.3 is 6.09 Å². The molecule has 2 aliphatic carbocycles. The third-order valence-corrected chi connectivity index (χ3v) is 5.46. The molecule has 6 nitrogen and oxygen atoms in total. The van der Waals surface area contributed by atoms with Gasteiger partial charge in [0.05, 0.1) is 18.8 Å². The van der Waals surface area contributed by atoms with Gasteiger partial charge in [-0.05, 0) is 52.9 Å². The van der Waals surface area contributed by atoms with Crippen molar-refractivity contribution in [3.63, 3.8) is 0 Å². The summed E-state index contributed by atoms with van der Waals surface area (Å²) in [5.41, 5.74) is -0.492. The van der Waals surface area contributed by atoms with Crippen LogP contribution in [0.2, 0.25) is 0 Å². The molecule has 0 heterocycles. The van der Waals surface area contributed by atoms with E-state index in [-0.39, 0.29) is 29.8 Å². The van der Waals surface area contributed by atoms with Crippen molar-refractivity contribution in [2.24, 2.45) is 5.41 Å². The third kappa shape index (κ3) is 6.12. The fraction of sp³-hybridized carbons (Fsp3) is 0.947. The van der Waals surface area contributed by atoms with Crippen LogP contribution < -0.4 is 10.6 Å². The van der Waals surface area contributed by atoms with Crippen LogP contribution in [0.3, 0.4) is 0 Å². The number of hydrogen-bond donors (Lipinski definition) is 3. The average Bonchev–Trinajstić information content (AvgIpc) is 2.50. The van der Waals surface area contributed by atoms with E-state index < -0.39 is 5.60 Å². The van der Waals surface area contributed by atoms with Gasteiger partial charge in [-0.3, -0.25) is 0 Å². The minimum Gasteiger partial charge on any atom is -0.444 e. The molecule has 2 aliphatic rings. The summed E-state index contributed by atoms with van der Waals surface area (Å²) in [5, 5.41) is 16.2. The number of amides is 1. The maximum atomic E-state index is 11.8. The van der Waals surface area contributed by atoms with Crippen LogP contribution in [0.1, 0.15) is 66.7 Å². The van der Waals surface area contributed by atoms with Crippen molar-refractivity contribution in [3.8, 4) is 0 Å². The highest BCUT2D eigenvalue weighted by Gasteiger charge is 2.46. The number of alkyl carbamates (subject to hydrolysis) is 1. The van der Waals surface area contributed by atoms with Gasteiger partial charge in [-0.1, -0.05) is 13.8 Å². The molecule has 25 heavy (non-hydrogen) atoms. The number of carbonyl (C=O) groups excluding carboxylic acids is 1. The largest absolute Gasteiger partial charge is 0.444 e. The summed E-state index contributed by atoms with van der Waals surface area (Å²) in [6, 6.07) is 0.560. The highest BCUT2D eigenvalue weighted by Crippen LogP contribution is 2.40. The summed E-state index contributed by atoms with van der Waals surface area (Å²) in [4.78, 5) is 11.8. The van der Waals surface area contributed by atoms with Crippen LogP contribution in [-0.2, 0) is 9.47 Å². The molecule has 146 valence electrons. The summed E-state index contributed by atoms with van der Waals surface area (Å²) in [5.74, 6) is 0. The molecule has 2 fully saturated rings. The normalized spacial score (nSPS) is 31.9. The molecule has 3 N–H and O–H groups in total. The molecule has 0 saturated heterocycles. The first-order valence-corrected chi connectivity index (χ1v) is 9.60. The van der Waals surface area contributed by atoms with Crippen molar-refractivity contribution >= 4 is 6.09 Å². The van der Waals surface area contributed by atoms with E-state index in [0.29, 0.717) is 12.6 Å². The second-order valence-corrected chi connectivity index (χ2v) is 9.07. The van der Waals surface area contributed by atoms with Crippen LogP contribution in [0, 0.1) is 5.41 Å². The number of carbonyl (C=O) groups is 1. The number of nitrogens with one attached hydrogen (secondary N) is 2. The van der Waals surface area contributed by atoms with Crippen LogP contribution in [0.4, 0.5) is 4.79 Å². The van der Waals surface area contributed by atoms with Crippen LogP contribution in [0.25, 0.3) is 0 Å². The molecule has 2 rings (SSSR count). The highest BCUT2D eigenvalue weighted by atomic mass is 16.6. The van der Waals surface area contributed by atoms with Crippen LogP contribution in [0.5, 0.6) is 0 Å². The van der Waals surface area contributed by atoms with Crippen molar-refractivity contribution in [1.82, 2.24) is 10.6 Å². The molecule has 1 amide bonds. The van der Waals surface area contributed by atoms with E-state index in [0.717, 1.165) is 38.6 Å². The fourth-order valence-corrected chi connectivity index (χ4v) is 3.56. The lowest BCUT2D eigenvalue weighted by atomic mass is 9.64. The van der Waals surface area contributed by atoms with Crippen LogP contribution >= 0.6 is 0 Å².